The molecule has 0 aromatic carbocycles. The molecule has 0 radical (unpaired) electrons. The second-order valence-corrected chi connectivity index (χ2v) is 0.529. The van der Waals surface area contributed by atoms with Gasteiger partial charge in [-0.05, 0) is 12.3 Å². The lowest BCUT2D eigenvalue weighted by Gasteiger charge is -1.27. The molecule has 0 fully saturated rings. The van der Waals surface area contributed by atoms with Crippen molar-refractivity contribution in [1.29, 1.82) is 0 Å². The van der Waals surface area contributed by atoms with E-state index in [0.29, 0.717) is 0 Å². The summed E-state index contributed by atoms with van der Waals surface area (Å²) in [6.45, 7) is 3.12. The number of hydrogen-bond acceptors (Lipinski definition) is 1. The van der Waals surface area contributed by atoms with Crippen molar-refractivity contribution in [3.8, 4) is 0 Å². The van der Waals surface area contributed by atoms with E-state index >= 15 is 0 Å². The zero-order valence-electron chi connectivity index (χ0n) is 3.12. The Morgan fingerprint density at radius 3 is 2.17 bits per heavy atom. The predicted octanol–water partition coefficient (Wildman–Crippen LogP) is 0.469. The van der Waals surface area contributed by atoms with Crippen molar-refractivity contribution in [1.82, 2.24) is 0 Å². The van der Waals surface area contributed by atoms with E-state index in [-0.39, 0.29) is 0 Å². The van der Waals surface area contributed by atoms with Gasteiger partial charge in [-0.3, -0.25) is 0 Å². The Bertz CT molecular complexity index is 136. The van der Waals surface area contributed by atoms with Gasteiger partial charge in [0, 0.05) is 5.73 Å². The Labute approximate surface area is 35.6 Å². The first-order valence-corrected chi connectivity index (χ1v) is 1.31. The lowest BCUT2D eigenvalue weighted by atomic mass is 10.8. The number of carbonyl (C=O) groups excluding carboxylic acids is 1. The molecule has 0 aromatic heterocycles. The topological polar surface area (TPSA) is 17.1 Å². The van der Waals surface area contributed by atoms with Gasteiger partial charge in [-0.25, -0.2) is 4.79 Å². The highest BCUT2D eigenvalue weighted by molar-refractivity contribution is 5.43. The average Bonchev–Trinajstić information content (AvgIpc) is 1.61. The average molecular weight is 78.1 g/mol. The maximum absolute atomic E-state index is 9.20. The minimum Gasteiger partial charge on any atom is -0.223 e. The quantitative estimate of drug-likeness (QED) is 0.304. The van der Waals surface area contributed by atoms with Crippen LogP contribution in [0.2, 0.25) is 0 Å². The molecular formula is C5H2O. The molecule has 0 N–H and O–H groups in total. The molecule has 0 aliphatic carbocycles. The highest BCUT2D eigenvalue weighted by atomic mass is 16.1. The van der Waals surface area contributed by atoms with Crippen LogP contribution in [0.4, 0.5) is 0 Å². The van der Waals surface area contributed by atoms with Crippen LogP contribution in [0.15, 0.2) is 23.8 Å². The lowest BCUT2D eigenvalue weighted by Crippen LogP contribution is -1.27. The molecule has 0 atom stereocenters. The lowest BCUT2D eigenvalue weighted by molar-refractivity contribution is 0.569. The van der Waals surface area contributed by atoms with E-state index in [4.69, 9.17) is 0 Å². The smallest absolute Gasteiger partial charge is 0.186 e. The van der Waals surface area contributed by atoms with Crippen molar-refractivity contribution < 1.29 is 4.79 Å². The molecule has 28 valence electrons. The van der Waals surface area contributed by atoms with Gasteiger partial charge in [0.05, 0.1) is 0 Å². The van der Waals surface area contributed by atoms with Crippen LogP contribution >= 0.6 is 0 Å². The summed E-state index contributed by atoms with van der Waals surface area (Å²) in [7, 11) is 0. The van der Waals surface area contributed by atoms with Crippen molar-refractivity contribution >= 4 is 5.94 Å². The van der Waals surface area contributed by atoms with Crippen molar-refractivity contribution in [3.63, 3.8) is 0 Å². The van der Waals surface area contributed by atoms with E-state index in [0.717, 1.165) is 0 Å². The standard InChI is InChI=1S/C5H2O/c1-2-3-4-5-6/h1H2. The fraction of sp³-hybridized carbons (Fsp3) is 0. The molecule has 0 bridgehead atoms. The molecule has 0 aliphatic heterocycles. The second-order valence-electron chi connectivity index (χ2n) is 0.529. The summed E-state index contributed by atoms with van der Waals surface area (Å²) in [6.07, 6.45) is 0. The van der Waals surface area contributed by atoms with Gasteiger partial charge < -0.3 is 0 Å². The first kappa shape index (κ1) is 4.79. The van der Waals surface area contributed by atoms with Crippen LogP contribution < -0.4 is 0 Å². The molecule has 0 aromatic rings. The first-order chi connectivity index (χ1) is 2.91. The van der Waals surface area contributed by atoms with Crippen molar-refractivity contribution in [3.05, 3.63) is 23.8 Å². The largest absolute Gasteiger partial charge is 0.223 e. The normalized spacial score (nSPS) is 3.33. The SMILES string of the molecule is C=C=C=C=C=O. The molecule has 6 heavy (non-hydrogen) atoms. The van der Waals surface area contributed by atoms with E-state index < -0.39 is 0 Å². The van der Waals surface area contributed by atoms with Gasteiger partial charge in [0.2, 0.25) is 0 Å². The molecule has 0 unspecified atom stereocenters. The van der Waals surface area contributed by atoms with Gasteiger partial charge in [0.25, 0.3) is 0 Å². The maximum Gasteiger partial charge on any atom is 0.186 e. The third-order valence-corrected chi connectivity index (χ3v) is 0.202. The van der Waals surface area contributed by atoms with E-state index in [2.05, 4.69) is 18.0 Å². The van der Waals surface area contributed by atoms with Gasteiger partial charge in [-0.2, -0.15) is 0 Å². The fourth-order valence-electron chi connectivity index (χ4n) is 0.0697. The monoisotopic (exact) mass is 78.0 g/mol. The van der Waals surface area contributed by atoms with Crippen LogP contribution in [0, 0.1) is 0 Å². The zero-order valence-corrected chi connectivity index (χ0v) is 3.12. The Morgan fingerprint density at radius 2 is 2.00 bits per heavy atom. The zero-order chi connectivity index (χ0) is 4.83. The summed E-state index contributed by atoms with van der Waals surface area (Å²) in [4.78, 5) is 9.20. The Kier molecular flexibility index (Phi) is 3.03. The van der Waals surface area contributed by atoms with Crippen molar-refractivity contribution in [2.24, 2.45) is 0 Å². The molecule has 0 aliphatic rings. The molecule has 0 heterocycles. The number of rotatable bonds is 0. The molecule has 0 spiro atoms. The minimum absolute atomic E-state index is 1.36. The van der Waals surface area contributed by atoms with E-state index in [1.807, 2.05) is 5.73 Å². The van der Waals surface area contributed by atoms with E-state index in [9.17, 15) is 4.79 Å². The maximum atomic E-state index is 9.20. The summed E-state index contributed by atoms with van der Waals surface area (Å²) < 4.78 is 0. The minimum atomic E-state index is 1.36. The van der Waals surface area contributed by atoms with E-state index in [1.165, 1.54) is 5.94 Å². The number of hydrogen-bond donors (Lipinski definition) is 0. The van der Waals surface area contributed by atoms with Crippen LogP contribution in [-0.2, 0) is 4.79 Å². The summed E-state index contributed by atoms with van der Waals surface area (Å²) in [6, 6.07) is 0. The third-order valence-electron chi connectivity index (χ3n) is 0.202. The fourth-order valence-corrected chi connectivity index (χ4v) is 0.0697. The Balaban J connectivity index is 4.68. The van der Waals surface area contributed by atoms with Crippen LogP contribution in [0.25, 0.3) is 0 Å². The van der Waals surface area contributed by atoms with Gasteiger partial charge in [-0.1, -0.05) is 5.73 Å². The summed E-state index contributed by atoms with van der Waals surface area (Å²) in [5, 5.41) is 0. The molecule has 1 heteroatoms. The van der Waals surface area contributed by atoms with Gasteiger partial charge in [0.1, 0.15) is 0 Å². The van der Waals surface area contributed by atoms with Crippen LogP contribution in [0.5, 0.6) is 0 Å². The predicted molar refractivity (Wildman–Crippen MR) is 21.9 cm³/mol. The Hall–Kier alpha value is -1.21. The molecule has 0 saturated heterocycles. The highest BCUT2D eigenvalue weighted by Crippen LogP contribution is 1.37. The van der Waals surface area contributed by atoms with Gasteiger partial charge >= 0.3 is 0 Å². The van der Waals surface area contributed by atoms with Gasteiger partial charge in [-0.15, -0.1) is 0 Å². The Morgan fingerprint density at radius 1 is 1.33 bits per heavy atom. The second kappa shape index (κ2) is 3.79. The third kappa shape index (κ3) is 2.79. The van der Waals surface area contributed by atoms with Crippen molar-refractivity contribution in [2.45, 2.75) is 0 Å². The first-order valence-electron chi connectivity index (χ1n) is 1.31. The molecule has 0 saturated carbocycles. The van der Waals surface area contributed by atoms with Gasteiger partial charge in [0.15, 0.2) is 5.94 Å². The molecule has 0 amide bonds. The van der Waals surface area contributed by atoms with Crippen LogP contribution in [-0.4, -0.2) is 5.94 Å². The summed E-state index contributed by atoms with van der Waals surface area (Å²) >= 11 is 0. The van der Waals surface area contributed by atoms with Crippen LogP contribution in [0.3, 0.4) is 0 Å². The molecular weight excluding hydrogens is 76.1 g/mol. The van der Waals surface area contributed by atoms with Crippen LogP contribution in [0.1, 0.15) is 0 Å². The summed E-state index contributed by atoms with van der Waals surface area (Å²) in [5.41, 5.74) is 6.33. The highest BCUT2D eigenvalue weighted by Gasteiger charge is 1.30. The molecule has 1 nitrogen and oxygen atoms in total. The van der Waals surface area contributed by atoms with Crippen molar-refractivity contribution in [2.75, 3.05) is 0 Å². The van der Waals surface area contributed by atoms with E-state index in [1.54, 1.807) is 0 Å². The molecule has 0 rings (SSSR count). The summed E-state index contributed by atoms with van der Waals surface area (Å²) in [5.74, 6) is 1.36.